The molecule has 1 aliphatic heterocycles. The van der Waals surface area contributed by atoms with Crippen molar-refractivity contribution in [3.63, 3.8) is 0 Å². The van der Waals surface area contributed by atoms with Gasteiger partial charge in [0.1, 0.15) is 0 Å². The van der Waals surface area contributed by atoms with E-state index < -0.39 is 0 Å². The fourth-order valence-electron chi connectivity index (χ4n) is 3.82. The Labute approximate surface area is 176 Å². The summed E-state index contributed by atoms with van der Waals surface area (Å²) >= 11 is 0. The van der Waals surface area contributed by atoms with Crippen LogP contribution in [0.25, 0.3) is 0 Å². The molecule has 0 N–H and O–H groups in total. The van der Waals surface area contributed by atoms with Crippen LogP contribution in [0.15, 0.2) is 60.9 Å². The van der Waals surface area contributed by atoms with Gasteiger partial charge < -0.3 is 4.90 Å². The third-order valence-electron chi connectivity index (χ3n) is 5.54. The van der Waals surface area contributed by atoms with Gasteiger partial charge in [-0.15, -0.1) is 0 Å². The summed E-state index contributed by atoms with van der Waals surface area (Å²) in [5.74, 6) is -0.193. The minimum absolute atomic E-state index is 0.0768. The van der Waals surface area contributed by atoms with E-state index in [4.69, 9.17) is 0 Å². The van der Waals surface area contributed by atoms with Gasteiger partial charge in [0.05, 0.1) is 11.8 Å². The lowest BCUT2D eigenvalue weighted by atomic mass is 9.97. The first kappa shape index (κ1) is 20.0. The molecular weight excluding hydrogens is 376 g/mol. The summed E-state index contributed by atoms with van der Waals surface area (Å²) in [4.78, 5) is 30.4. The molecule has 0 atom stereocenters. The Hall–Kier alpha value is -3.25. The van der Waals surface area contributed by atoms with Crippen molar-refractivity contribution in [3.8, 4) is 0 Å². The van der Waals surface area contributed by atoms with Gasteiger partial charge in [-0.3, -0.25) is 19.2 Å². The molecule has 3 aromatic rings. The zero-order chi connectivity index (χ0) is 21.1. The monoisotopic (exact) mass is 402 g/mol. The average molecular weight is 402 g/mol. The molecule has 154 valence electrons. The first-order chi connectivity index (χ1) is 14.5. The molecular formula is C24H26N4O2. The molecule has 0 bridgehead atoms. The molecule has 1 amide bonds. The van der Waals surface area contributed by atoms with Crippen molar-refractivity contribution in [2.45, 2.75) is 13.5 Å². The van der Waals surface area contributed by atoms with Gasteiger partial charge in [-0.05, 0) is 13.0 Å². The molecule has 4 rings (SSSR count). The second-order valence-corrected chi connectivity index (χ2v) is 7.83. The summed E-state index contributed by atoms with van der Waals surface area (Å²) in [5.41, 5.74) is 3.81. The third-order valence-corrected chi connectivity index (χ3v) is 5.54. The first-order valence-electron chi connectivity index (χ1n) is 10.2. The highest BCUT2D eigenvalue weighted by atomic mass is 16.2. The van der Waals surface area contributed by atoms with Crippen LogP contribution in [-0.2, 0) is 13.6 Å². The van der Waals surface area contributed by atoms with Crippen LogP contribution >= 0.6 is 0 Å². The number of carbonyl (C=O) groups is 2. The Kier molecular flexibility index (Phi) is 5.77. The molecule has 0 aliphatic carbocycles. The highest BCUT2D eigenvalue weighted by Crippen LogP contribution is 2.18. The number of hydrogen-bond acceptors (Lipinski definition) is 4. The number of nitrogens with zero attached hydrogens (tertiary/aromatic N) is 4. The van der Waals surface area contributed by atoms with Gasteiger partial charge in [0.15, 0.2) is 5.78 Å². The van der Waals surface area contributed by atoms with E-state index in [2.05, 4.69) is 10.00 Å². The predicted molar refractivity (Wildman–Crippen MR) is 115 cm³/mol. The van der Waals surface area contributed by atoms with Crippen molar-refractivity contribution in [2.75, 3.05) is 26.2 Å². The molecule has 0 saturated carbocycles. The van der Waals surface area contributed by atoms with Crippen molar-refractivity contribution < 1.29 is 9.59 Å². The van der Waals surface area contributed by atoms with Crippen LogP contribution in [0.2, 0.25) is 0 Å². The summed E-state index contributed by atoms with van der Waals surface area (Å²) in [6.07, 6.45) is 3.90. The van der Waals surface area contributed by atoms with Crippen LogP contribution < -0.4 is 0 Å². The maximum atomic E-state index is 13.2. The molecule has 0 unspecified atom stereocenters. The number of ketones is 1. The molecule has 6 nitrogen and oxygen atoms in total. The standard InChI is InChI=1S/C24H26N4O2/c1-18-7-9-20(10-8-18)23(29)21-5-3-4-6-22(21)24(30)28-13-11-27(12-14-28)17-19-15-25-26(2)16-19/h3-10,15-16H,11-14,17H2,1-2H3. The lowest BCUT2D eigenvalue weighted by Crippen LogP contribution is -2.48. The van der Waals surface area contributed by atoms with Crippen LogP contribution in [0.5, 0.6) is 0 Å². The van der Waals surface area contributed by atoms with Gasteiger partial charge in [-0.25, -0.2) is 0 Å². The second kappa shape index (κ2) is 8.63. The van der Waals surface area contributed by atoms with Crippen LogP contribution in [0.4, 0.5) is 0 Å². The Balaban J connectivity index is 1.45. The summed E-state index contributed by atoms with van der Waals surface area (Å²) in [7, 11) is 1.91. The van der Waals surface area contributed by atoms with E-state index in [0.29, 0.717) is 29.8 Å². The summed E-state index contributed by atoms with van der Waals surface area (Å²) in [5, 5.41) is 4.21. The SMILES string of the molecule is Cc1ccc(C(=O)c2ccccc2C(=O)N2CCN(Cc3cnn(C)c3)CC2)cc1. The van der Waals surface area contributed by atoms with Gasteiger partial charge in [0.2, 0.25) is 0 Å². The molecule has 1 fully saturated rings. The molecule has 2 aromatic carbocycles. The van der Waals surface area contributed by atoms with Crippen LogP contribution in [-0.4, -0.2) is 57.4 Å². The molecule has 30 heavy (non-hydrogen) atoms. The quantitative estimate of drug-likeness (QED) is 0.616. The number of hydrogen-bond donors (Lipinski definition) is 0. The van der Waals surface area contributed by atoms with E-state index in [0.717, 1.165) is 25.2 Å². The molecule has 1 saturated heterocycles. The lowest BCUT2D eigenvalue weighted by molar-refractivity contribution is 0.0625. The van der Waals surface area contributed by atoms with Gasteiger partial charge in [0.25, 0.3) is 5.91 Å². The average Bonchev–Trinajstić information content (AvgIpc) is 3.18. The van der Waals surface area contributed by atoms with E-state index in [1.165, 1.54) is 5.56 Å². The molecule has 0 spiro atoms. The normalized spacial score (nSPS) is 14.7. The van der Waals surface area contributed by atoms with Gasteiger partial charge in [-0.2, -0.15) is 5.10 Å². The highest BCUT2D eigenvalue weighted by molar-refractivity contribution is 6.15. The second-order valence-electron chi connectivity index (χ2n) is 7.83. The molecule has 1 aromatic heterocycles. The fourth-order valence-corrected chi connectivity index (χ4v) is 3.82. The summed E-state index contributed by atoms with van der Waals surface area (Å²) in [6.45, 7) is 5.71. The number of rotatable bonds is 5. The number of aryl methyl sites for hydroxylation is 2. The van der Waals surface area contributed by atoms with Gasteiger partial charge in [-0.1, -0.05) is 48.0 Å². The number of amides is 1. The molecule has 0 radical (unpaired) electrons. The van der Waals surface area contributed by atoms with Crippen molar-refractivity contribution in [1.29, 1.82) is 0 Å². The highest BCUT2D eigenvalue weighted by Gasteiger charge is 2.25. The zero-order valence-corrected chi connectivity index (χ0v) is 17.4. The largest absolute Gasteiger partial charge is 0.336 e. The van der Waals surface area contributed by atoms with Gasteiger partial charge in [0, 0.05) is 62.7 Å². The van der Waals surface area contributed by atoms with E-state index >= 15 is 0 Å². The Morgan fingerprint density at radius 2 is 1.60 bits per heavy atom. The minimum Gasteiger partial charge on any atom is -0.336 e. The Bertz CT molecular complexity index is 1050. The summed E-state index contributed by atoms with van der Waals surface area (Å²) in [6, 6.07) is 14.6. The van der Waals surface area contributed by atoms with E-state index in [1.807, 2.05) is 67.7 Å². The Morgan fingerprint density at radius 1 is 0.933 bits per heavy atom. The number of aromatic nitrogens is 2. The van der Waals surface area contributed by atoms with Crippen LogP contribution in [0.3, 0.4) is 0 Å². The number of carbonyl (C=O) groups excluding carboxylic acids is 2. The van der Waals surface area contributed by atoms with Crippen molar-refractivity contribution in [1.82, 2.24) is 19.6 Å². The maximum Gasteiger partial charge on any atom is 0.254 e. The predicted octanol–water partition coefficient (Wildman–Crippen LogP) is 2.92. The smallest absolute Gasteiger partial charge is 0.254 e. The van der Waals surface area contributed by atoms with E-state index in [9.17, 15) is 9.59 Å². The molecule has 2 heterocycles. The molecule has 6 heteroatoms. The van der Waals surface area contributed by atoms with Crippen LogP contribution in [0.1, 0.15) is 37.4 Å². The zero-order valence-electron chi connectivity index (χ0n) is 17.4. The minimum atomic E-state index is -0.117. The lowest BCUT2D eigenvalue weighted by Gasteiger charge is -2.34. The summed E-state index contributed by atoms with van der Waals surface area (Å²) < 4.78 is 1.80. The van der Waals surface area contributed by atoms with Gasteiger partial charge >= 0.3 is 0 Å². The number of piperazine rings is 1. The maximum absolute atomic E-state index is 13.2. The topological polar surface area (TPSA) is 58.4 Å². The third kappa shape index (κ3) is 4.33. The van der Waals surface area contributed by atoms with Crippen molar-refractivity contribution >= 4 is 11.7 Å². The fraction of sp³-hybridized carbons (Fsp3) is 0.292. The van der Waals surface area contributed by atoms with Crippen molar-refractivity contribution in [2.24, 2.45) is 7.05 Å². The van der Waals surface area contributed by atoms with Crippen LogP contribution in [0, 0.1) is 6.92 Å². The van der Waals surface area contributed by atoms with E-state index in [-0.39, 0.29) is 11.7 Å². The van der Waals surface area contributed by atoms with E-state index in [1.54, 1.807) is 16.8 Å². The Morgan fingerprint density at radius 3 is 2.23 bits per heavy atom. The van der Waals surface area contributed by atoms with Crippen molar-refractivity contribution in [3.05, 3.63) is 88.7 Å². The number of benzene rings is 2. The molecule has 1 aliphatic rings. The first-order valence-corrected chi connectivity index (χ1v) is 10.2.